The van der Waals surface area contributed by atoms with E-state index in [2.05, 4.69) is 25.9 Å². The Morgan fingerprint density at radius 2 is 1.80 bits per heavy atom. The molecule has 5 rings (SSSR count). The second kappa shape index (κ2) is 19.2. The predicted molar refractivity (Wildman–Crippen MR) is 182 cm³/mol. The molecule has 8 N–H and O–H groups in total. The van der Waals surface area contributed by atoms with Gasteiger partial charge < -0.3 is 41.6 Å². The van der Waals surface area contributed by atoms with Crippen LogP contribution in [0.5, 0.6) is 0 Å². The largest absolute Gasteiger partial charge is 0.481 e. The number of nitrogens with one attached hydrogen (secondary N) is 4. The quantitative estimate of drug-likeness (QED) is 0.0981. The molecular weight excluding hydrogens is 660 g/mol. The van der Waals surface area contributed by atoms with Crippen LogP contribution in [0.15, 0.2) is 46.2 Å². The number of nitrogens with zero attached hydrogens (tertiary/aromatic N) is 3. The Balaban J connectivity index is 0.000000203. The van der Waals surface area contributed by atoms with E-state index in [1.54, 1.807) is 7.05 Å². The van der Waals surface area contributed by atoms with E-state index in [1.807, 2.05) is 42.1 Å². The van der Waals surface area contributed by atoms with Gasteiger partial charge in [0.05, 0.1) is 18.4 Å². The fourth-order valence-corrected chi connectivity index (χ4v) is 6.73. The zero-order valence-electron chi connectivity index (χ0n) is 27.4. The molecule has 268 valence electrons. The van der Waals surface area contributed by atoms with E-state index in [-0.39, 0.29) is 42.4 Å². The van der Waals surface area contributed by atoms with E-state index in [0.29, 0.717) is 35.8 Å². The number of aryl methyl sites for hydroxylation is 1. The van der Waals surface area contributed by atoms with Crippen molar-refractivity contribution in [1.29, 1.82) is 0 Å². The van der Waals surface area contributed by atoms with Crippen LogP contribution < -0.4 is 32.9 Å². The number of hydrogen-bond acceptors (Lipinski definition) is 10. The van der Waals surface area contributed by atoms with Crippen molar-refractivity contribution in [3.63, 3.8) is 0 Å². The number of nitrogens with two attached hydrogens (primary N) is 1. The molecule has 4 heterocycles. The first kappa shape index (κ1) is 38.6. The van der Waals surface area contributed by atoms with Crippen LogP contribution in [-0.2, 0) is 35.0 Å². The van der Waals surface area contributed by atoms with Crippen LogP contribution in [0.1, 0.15) is 50.5 Å². The number of aromatic nitrogens is 4. The molecule has 17 nitrogen and oxygen atoms in total. The summed E-state index contributed by atoms with van der Waals surface area (Å²) in [4.78, 5) is 73.4. The number of aliphatic carboxylic acids is 2. The van der Waals surface area contributed by atoms with Gasteiger partial charge in [-0.05, 0) is 44.2 Å². The highest BCUT2D eigenvalue weighted by molar-refractivity contribution is 8.00. The van der Waals surface area contributed by atoms with Crippen molar-refractivity contribution >= 4 is 47.0 Å². The summed E-state index contributed by atoms with van der Waals surface area (Å²) < 4.78 is 7.35. The summed E-state index contributed by atoms with van der Waals surface area (Å²) in [6.07, 6.45) is 5.26. The fraction of sp³-hybridized carbons (Fsp3) is 0.516. The second-order valence-corrected chi connectivity index (χ2v) is 12.7. The monoisotopic (exact) mass is 704 g/mol. The predicted octanol–water partition coefficient (Wildman–Crippen LogP) is 1.25. The number of ether oxygens (including phenoxy) is 1. The van der Waals surface area contributed by atoms with Gasteiger partial charge in [0.25, 0.3) is 5.56 Å². The van der Waals surface area contributed by atoms with Crippen LogP contribution in [0, 0.1) is 0 Å². The van der Waals surface area contributed by atoms with Gasteiger partial charge in [-0.25, -0.2) is 24.2 Å². The minimum absolute atomic E-state index is 0.0640. The zero-order chi connectivity index (χ0) is 35.9. The Kier molecular flexibility index (Phi) is 15.2. The number of imidazole rings is 1. The van der Waals surface area contributed by atoms with Crippen molar-refractivity contribution in [3.05, 3.63) is 63.1 Å². The van der Waals surface area contributed by atoms with Gasteiger partial charge in [-0.2, -0.15) is 11.8 Å². The third kappa shape index (κ3) is 11.7. The Morgan fingerprint density at radius 1 is 1.06 bits per heavy atom. The molecule has 0 saturated carbocycles. The highest BCUT2D eigenvalue weighted by Gasteiger charge is 2.42. The minimum atomic E-state index is -1.07. The third-order valence-corrected chi connectivity index (χ3v) is 9.36. The lowest BCUT2D eigenvalue weighted by Gasteiger charge is -2.16. The first-order valence-electron chi connectivity index (χ1n) is 15.8. The first-order valence-corrected chi connectivity index (χ1v) is 16.9. The lowest BCUT2D eigenvalue weighted by atomic mass is 10.0. The SMILES string of the molecule is Cn1c(=O)c2[nH]cnc2n(C)c1=O.NCCCC[C@H](NC(=O)OCc1ccccc1)C(=O)O.O=C(O)CCCC[C@@H]1SC[C@@H]2NC(=O)N[C@@H]21. The van der Waals surface area contributed by atoms with Gasteiger partial charge in [0, 0.05) is 31.5 Å². The molecule has 0 unspecified atom stereocenters. The van der Waals surface area contributed by atoms with Gasteiger partial charge in [-0.1, -0.05) is 36.8 Å². The number of urea groups is 1. The molecule has 0 aliphatic carbocycles. The molecule has 2 aromatic heterocycles. The van der Waals surface area contributed by atoms with Crippen LogP contribution in [0.4, 0.5) is 9.59 Å². The number of carboxylic acids is 2. The number of thioether (sulfide) groups is 1. The number of alkyl carbamates (subject to hydrolysis) is 1. The first-order chi connectivity index (χ1) is 23.4. The van der Waals surface area contributed by atoms with E-state index in [1.165, 1.54) is 17.9 Å². The standard InChI is InChI=1S/C14H20N2O4.C10H16N2O3S.C7H8N4O2/c15-9-5-4-8-12(13(17)18)16-14(19)20-10-11-6-2-1-3-7-11;13-8(14)4-2-1-3-7-9-6(5-16-7)11-10(15)12-9;1-10-5-4(8-3-9-5)6(12)11(2)7(10)13/h1-3,6-7,12H,4-5,8-10,15H2,(H,16,19)(H,17,18);6-7,9H,1-5H2,(H,13,14)(H2,11,12,15);3H,1-2H3,(H,8,9)/t12-;6-,7-,9-;/m00./s1. The van der Waals surface area contributed by atoms with Crippen molar-refractivity contribution < 1.29 is 34.1 Å². The van der Waals surface area contributed by atoms with Crippen LogP contribution in [0.25, 0.3) is 11.2 Å². The number of benzene rings is 1. The molecule has 1 aromatic carbocycles. The lowest BCUT2D eigenvalue weighted by molar-refractivity contribution is -0.139. The fourth-order valence-electron chi connectivity index (χ4n) is 5.19. The Bertz CT molecular complexity index is 1680. The maximum atomic E-state index is 11.5. The van der Waals surface area contributed by atoms with Gasteiger partial charge in [0.1, 0.15) is 18.2 Å². The van der Waals surface area contributed by atoms with Gasteiger partial charge in [0.2, 0.25) is 0 Å². The summed E-state index contributed by atoms with van der Waals surface area (Å²) >= 11 is 1.87. The average Bonchev–Trinajstić information content (AvgIpc) is 3.81. The smallest absolute Gasteiger partial charge is 0.408 e. The molecule has 3 amide bonds. The molecule has 4 atom stereocenters. The highest BCUT2D eigenvalue weighted by atomic mass is 32.2. The van der Waals surface area contributed by atoms with Crippen molar-refractivity contribution in [1.82, 2.24) is 35.1 Å². The molecule has 18 heteroatoms. The summed E-state index contributed by atoms with van der Waals surface area (Å²) in [6, 6.07) is 8.68. The summed E-state index contributed by atoms with van der Waals surface area (Å²) in [5.74, 6) is -0.834. The molecule has 2 saturated heterocycles. The van der Waals surface area contributed by atoms with E-state index in [0.717, 1.165) is 41.6 Å². The number of aromatic amines is 1. The molecule has 49 heavy (non-hydrogen) atoms. The number of carbonyl (C=O) groups is 4. The van der Waals surface area contributed by atoms with Crippen LogP contribution in [-0.4, -0.2) is 89.1 Å². The van der Waals surface area contributed by atoms with E-state index < -0.39 is 24.1 Å². The molecule has 0 radical (unpaired) electrons. The third-order valence-electron chi connectivity index (χ3n) is 7.85. The van der Waals surface area contributed by atoms with E-state index in [4.69, 9.17) is 20.7 Å². The van der Waals surface area contributed by atoms with Crippen molar-refractivity contribution in [2.45, 2.75) is 74.9 Å². The second-order valence-electron chi connectivity index (χ2n) is 11.4. The van der Waals surface area contributed by atoms with Gasteiger partial charge in [0.15, 0.2) is 5.65 Å². The topological polar surface area (TPSA) is 253 Å². The number of fused-ring (bicyclic) bond motifs is 2. The minimum Gasteiger partial charge on any atom is -0.481 e. The number of rotatable bonds is 13. The highest BCUT2D eigenvalue weighted by Crippen LogP contribution is 2.33. The van der Waals surface area contributed by atoms with E-state index in [9.17, 15) is 28.8 Å². The van der Waals surface area contributed by atoms with Crippen molar-refractivity contribution in [3.8, 4) is 0 Å². The lowest BCUT2D eigenvalue weighted by Crippen LogP contribution is -2.41. The molecule has 2 aliphatic rings. The maximum absolute atomic E-state index is 11.5. The Hall–Kier alpha value is -4.84. The normalized spacial score (nSPS) is 18.1. The number of carbonyl (C=O) groups excluding carboxylic acids is 2. The van der Waals surface area contributed by atoms with Crippen molar-refractivity contribution in [2.24, 2.45) is 19.8 Å². The molecule has 0 bridgehead atoms. The number of H-pyrrole nitrogens is 1. The Labute approximate surface area is 286 Å². The zero-order valence-corrected chi connectivity index (χ0v) is 28.2. The summed E-state index contributed by atoms with van der Waals surface area (Å²) in [6.45, 7) is 0.618. The Morgan fingerprint density at radius 3 is 2.47 bits per heavy atom. The van der Waals surface area contributed by atoms with Crippen LogP contribution in [0.3, 0.4) is 0 Å². The van der Waals surface area contributed by atoms with Gasteiger partial charge in [-0.15, -0.1) is 0 Å². The average molecular weight is 705 g/mol. The molecule has 0 spiro atoms. The van der Waals surface area contributed by atoms with Crippen LogP contribution in [0.2, 0.25) is 0 Å². The molecule has 2 aliphatic heterocycles. The summed E-state index contributed by atoms with van der Waals surface area (Å²) in [5, 5.41) is 26.1. The number of amides is 3. The number of hydrogen-bond donors (Lipinski definition) is 7. The number of carboxylic acid groups (broad SMARTS) is 2. The van der Waals surface area contributed by atoms with Crippen molar-refractivity contribution in [2.75, 3.05) is 12.3 Å². The maximum Gasteiger partial charge on any atom is 0.408 e. The molecule has 2 fully saturated rings. The van der Waals surface area contributed by atoms with Gasteiger partial charge in [-0.3, -0.25) is 18.7 Å². The summed E-state index contributed by atoms with van der Waals surface area (Å²) in [5.41, 5.74) is 6.20. The molecule has 3 aromatic rings. The number of unbranched alkanes of at least 4 members (excludes halogenated alkanes) is 2. The summed E-state index contributed by atoms with van der Waals surface area (Å²) in [7, 11) is 3.01. The van der Waals surface area contributed by atoms with Gasteiger partial charge >= 0.3 is 29.8 Å². The van der Waals surface area contributed by atoms with Crippen LogP contribution >= 0.6 is 11.8 Å². The molecular formula is C31H44N8O9S. The van der Waals surface area contributed by atoms with E-state index >= 15 is 0 Å².